The molecule has 1 fully saturated rings. The predicted molar refractivity (Wildman–Crippen MR) is 140 cm³/mol. The molecule has 10 nitrogen and oxygen atoms in total. The van der Waals surface area contributed by atoms with Crippen LogP contribution in [-0.4, -0.2) is 27.2 Å². The number of carbonyl (C=O) groups is 1. The van der Waals surface area contributed by atoms with Crippen molar-refractivity contribution in [1.82, 2.24) is 0 Å². The fraction of sp³-hybridized carbons (Fsp3) is 0.0833. The molecule has 1 saturated heterocycles. The van der Waals surface area contributed by atoms with Gasteiger partial charge in [-0.25, -0.2) is 0 Å². The maximum absolute atomic E-state index is 13.0. The number of anilines is 1. The van der Waals surface area contributed by atoms with E-state index in [0.29, 0.717) is 23.4 Å². The van der Waals surface area contributed by atoms with E-state index in [2.05, 4.69) is 0 Å². The zero-order valence-electron chi connectivity index (χ0n) is 19.5. The van der Waals surface area contributed by atoms with Crippen LogP contribution < -0.4 is 14.4 Å². The largest absolute Gasteiger partial charge is 0.493 e. The van der Waals surface area contributed by atoms with Gasteiger partial charge in [0.05, 0.1) is 33.1 Å². The maximum Gasteiger partial charge on any atom is 0.416 e. The highest BCUT2D eigenvalue weighted by Crippen LogP contribution is 2.41. The average Bonchev–Trinajstić information content (AvgIpc) is 3.16. The van der Waals surface area contributed by atoms with Gasteiger partial charge >= 0.3 is 11.9 Å². The minimum Gasteiger partial charge on any atom is -0.493 e. The Labute approximate surface area is 226 Å². The molecule has 200 valence electrons. The van der Waals surface area contributed by atoms with Crippen LogP contribution in [0.2, 0.25) is 0 Å². The number of ether oxygens (including phenoxy) is 2. The van der Waals surface area contributed by atoms with Crippen molar-refractivity contribution in [3.05, 3.63) is 96.9 Å². The van der Waals surface area contributed by atoms with E-state index in [1.807, 2.05) is 0 Å². The van der Waals surface area contributed by atoms with Crippen molar-refractivity contribution in [3.8, 4) is 17.2 Å². The first-order chi connectivity index (χ1) is 18.4. The van der Waals surface area contributed by atoms with E-state index < -0.39 is 38.9 Å². The molecule has 3 aromatic carbocycles. The van der Waals surface area contributed by atoms with Gasteiger partial charge in [0.1, 0.15) is 0 Å². The zero-order valence-corrected chi connectivity index (χ0v) is 21.1. The van der Waals surface area contributed by atoms with Gasteiger partial charge < -0.3 is 9.47 Å². The Kier molecular flexibility index (Phi) is 7.56. The third kappa shape index (κ3) is 5.83. The molecule has 1 heterocycles. The first-order valence-electron chi connectivity index (χ1n) is 10.6. The van der Waals surface area contributed by atoms with Gasteiger partial charge in [-0.15, -0.1) is 0 Å². The Morgan fingerprint density at radius 3 is 2.21 bits per heavy atom. The number of rotatable bonds is 7. The number of hydrogen-bond acceptors (Lipinski definition) is 9. The fourth-order valence-corrected chi connectivity index (χ4v) is 4.76. The van der Waals surface area contributed by atoms with Gasteiger partial charge in [-0.2, -0.15) is 13.2 Å². The number of carbonyl (C=O) groups excluding carboxylic acids is 1. The lowest BCUT2D eigenvalue weighted by Gasteiger charge is -2.14. The number of non-ortho nitro benzene ring substituents is 1. The molecule has 0 bridgehead atoms. The van der Waals surface area contributed by atoms with E-state index in [9.17, 15) is 38.2 Å². The van der Waals surface area contributed by atoms with Gasteiger partial charge in [0.15, 0.2) is 15.8 Å². The molecule has 3 aromatic rings. The summed E-state index contributed by atoms with van der Waals surface area (Å²) in [5.74, 6) is -0.818. The second kappa shape index (κ2) is 10.7. The van der Waals surface area contributed by atoms with Gasteiger partial charge in [-0.3, -0.25) is 29.9 Å². The Balaban J connectivity index is 1.60. The van der Waals surface area contributed by atoms with Crippen molar-refractivity contribution in [2.24, 2.45) is 0 Å². The van der Waals surface area contributed by atoms with E-state index in [-0.39, 0.29) is 26.4 Å². The molecule has 0 aliphatic carbocycles. The standard InChI is InChI=1S/C24H14F3N3O7S2/c1-36-20-10-13(2-8-19(20)37-18-9-3-14(24(25,26)27)12-17(18)30(34)35)11-21-22(31)28(23(38)39-21)15-4-6-16(7-5-15)29(32)33/h2-12H,1H3/b21-11-. The predicted octanol–water partition coefficient (Wildman–Crippen LogP) is 6.73. The molecule has 1 amide bonds. The molecule has 4 rings (SSSR count). The van der Waals surface area contributed by atoms with Crippen molar-refractivity contribution in [2.75, 3.05) is 12.0 Å². The van der Waals surface area contributed by atoms with Crippen LogP contribution in [0.15, 0.2) is 65.6 Å². The SMILES string of the molecule is COc1cc(/C=C2\SC(=S)N(c3ccc([N+](=O)[O-])cc3)C2=O)ccc1Oc1ccc(C(F)(F)F)cc1[N+](=O)[O-]. The molecular formula is C24H14F3N3O7S2. The summed E-state index contributed by atoms with van der Waals surface area (Å²) in [6, 6.07) is 11.5. The van der Waals surface area contributed by atoms with Crippen molar-refractivity contribution in [2.45, 2.75) is 6.18 Å². The summed E-state index contributed by atoms with van der Waals surface area (Å²) in [7, 11) is 1.29. The molecule has 15 heteroatoms. The number of halogens is 3. The van der Waals surface area contributed by atoms with E-state index >= 15 is 0 Å². The monoisotopic (exact) mass is 577 g/mol. The van der Waals surface area contributed by atoms with Crippen LogP contribution >= 0.6 is 24.0 Å². The summed E-state index contributed by atoms with van der Waals surface area (Å²) in [5, 5.41) is 22.3. The second-order valence-corrected chi connectivity index (χ2v) is 9.42. The van der Waals surface area contributed by atoms with Gasteiger partial charge in [0, 0.05) is 18.2 Å². The summed E-state index contributed by atoms with van der Waals surface area (Å²) in [6.45, 7) is 0. The van der Waals surface area contributed by atoms with Gasteiger partial charge in [-0.1, -0.05) is 30.0 Å². The molecular weight excluding hydrogens is 563 g/mol. The van der Waals surface area contributed by atoms with Crippen LogP contribution in [0.5, 0.6) is 17.2 Å². The minimum absolute atomic E-state index is 0.0177. The molecule has 0 saturated carbocycles. The number of hydrogen-bond donors (Lipinski definition) is 0. The Bertz CT molecular complexity index is 1540. The minimum atomic E-state index is -4.78. The molecule has 0 N–H and O–H groups in total. The first-order valence-corrected chi connectivity index (χ1v) is 11.9. The van der Waals surface area contributed by atoms with E-state index in [1.54, 1.807) is 0 Å². The number of nitro groups is 2. The Hall–Kier alpha value is -4.50. The lowest BCUT2D eigenvalue weighted by atomic mass is 10.1. The first kappa shape index (κ1) is 27.5. The van der Waals surface area contributed by atoms with E-state index in [1.165, 1.54) is 60.6 Å². The van der Waals surface area contributed by atoms with Crippen LogP contribution in [0.1, 0.15) is 11.1 Å². The van der Waals surface area contributed by atoms with Crippen LogP contribution in [0.25, 0.3) is 6.08 Å². The maximum atomic E-state index is 13.0. The summed E-state index contributed by atoms with van der Waals surface area (Å²) in [6.07, 6.45) is -3.26. The third-order valence-electron chi connectivity index (χ3n) is 5.30. The van der Waals surface area contributed by atoms with Crippen molar-refractivity contribution in [1.29, 1.82) is 0 Å². The summed E-state index contributed by atoms with van der Waals surface area (Å²) < 4.78 is 50.0. The van der Waals surface area contributed by atoms with Crippen molar-refractivity contribution < 1.29 is 37.3 Å². The quantitative estimate of drug-likeness (QED) is 0.130. The lowest BCUT2D eigenvalue weighted by molar-refractivity contribution is -0.385. The van der Waals surface area contributed by atoms with Crippen LogP contribution in [-0.2, 0) is 11.0 Å². The molecule has 39 heavy (non-hydrogen) atoms. The summed E-state index contributed by atoms with van der Waals surface area (Å²) in [5.41, 5.74) is -1.41. The van der Waals surface area contributed by atoms with Crippen molar-refractivity contribution in [3.63, 3.8) is 0 Å². The zero-order chi connectivity index (χ0) is 28.5. The van der Waals surface area contributed by atoms with Crippen LogP contribution in [0, 0.1) is 20.2 Å². The lowest BCUT2D eigenvalue weighted by Crippen LogP contribution is -2.27. The van der Waals surface area contributed by atoms with E-state index in [0.717, 1.165) is 17.8 Å². The van der Waals surface area contributed by atoms with E-state index in [4.69, 9.17) is 21.7 Å². The average molecular weight is 578 g/mol. The highest BCUT2D eigenvalue weighted by atomic mass is 32.2. The number of alkyl halides is 3. The van der Waals surface area contributed by atoms with Gasteiger partial charge in [0.25, 0.3) is 11.6 Å². The highest BCUT2D eigenvalue weighted by molar-refractivity contribution is 8.27. The Morgan fingerprint density at radius 2 is 1.62 bits per heavy atom. The molecule has 0 radical (unpaired) electrons. The molecule has 1 aliphatic rings. The molecule has 0 atom stereocenters. The van der Waals surface area contributed by atoms with Gasteiger partial charge in [-0.05, 0) is 48.0 Å². The molecule has 1 aliphatic heterocycles. The van der Waals surface area contributed by atoms with Crippen LogP contribution in [0.3, 0.4) is 0 Å². The number of benzene rings is 3. The molecule has 0 unspecified atom stereocenters. The molecule has 0 aromatic heterocycles. The number of nitro benzene ring substituents is 2. The highest BCUT2D eigenvalue weighted by Gasteiger charge is 2.35. The topological polar surface area (TPSA) is 125 Å². The third-order valence-corrected chi connectivity index (χ3v) is 6.60. The fourth-order valence-electron chi connectivity index (χ4n) is 3.46. The number of amides is 1. The Morgan fingerprint density at radius 1 is 0.949 bits per heavy atom. The van der Waals surface area contributed by atoms with Crippen LogP contribution in [0.4, 0.5) is 30.2 Å². The van der Waals surface area contributed by atoms with Crippen molar-refractivity contribution >= 4 is 57.3 Å². The summed E-state index contributed by atoms with van der Waals surface area (Å²) in [4.78, 5) is 35.2. The van der Waals surface area contributed by atoms with Gasteiger partial charge in [0.2, 0.25) is 5.75 Å². The smallest absolute Gasteiger partial charge is 0.416 e. The second-order valence-electron chi connectivity index (χ2n) is 7.74. The normalized spacial score (nSPS) is 14.6. The number of thioether (sulfide) groups is 1. The summed E-state index contributed by atoms with van der Waals surface area (Å²) >= 11 is 6.31. The number of nitrogens with zero attached hydrogens (tertiary/aromatic N) is 3. The number of thiocarbonyl (C=S) groups is 1. The molecule has 0 spiro atoms. The number of methoxy groups -OCH3 is 1.